The molecular weight excluding hydrogens is 556 g/mol. The van der Waals surface area contributed by atoms with E-state index in [9.17, 15) is 24.3 Å². The summed E-state index contributed by atoms with van der Waals surface area (Å²) >= 11 is 0. The zero-order chi connectivity index (χ0) is 30.4. The quantitative estimate of drug-likeness (QED) is 0.216. The van der Waals surface area contributed by atoms with Crippen LogP contribution < -0.4 is 5.32 Å². The predicted octanol–water partition coefficient (Wildman–Crippen LogP) is 0.248. The van der Waals surface area contributed by atoms with E-state index in [0.29, 0.717) is 58.7 Å². The zero-order valence-corrected chi connectivity index (χ0v) is 25.2. The lowest BCUT2D eigenvalue weighted by atomic mass is 9.78. The van der Waals surface area contributed by atoms with Gasteiger partial charge in [-0.2, -0.15) is 0 Å². The number of ether oxygens (including phenoxy) is 3. The monoisotopic (exact) mass is 602 g/mol. The molecule has 43 heavy (non-hydrogen) atoms. The van der Waals surface area contributed by atoms with Crippen LogP contribution in [0.5, 0.6) is 0 Å². The topological polar surface area (TPSA) is 138 Å². The van der Waals surface area contributed by atoms with Crippen LogP contribution in [0.4, 0.5) is 0 Å². The Bertz CT molecular complexity index is 1090. The maximum Gasteiger partial charge on any atom is 0.313 e. The second-order valence-electron chi connectivity index (χ2n) is 12.2. The highest BCUT2D eigenvalue weighted by Crippen LogP contribution is 2.53. The number of fused-ring (bicyclic) bond motifs is 2. The molecule has 5 aliphatic heterocycles. The van der Waals surface area contributed by atoms with Crippen molar-refractivity contribution in [3.63, 3.8) is 0 Å². The minimum Gasteiger partial charge on any atom is -0.460 e. The summed E-state index contributed by atoms with van der Waals surface area (Å²) in [6.45, 7) is 6.92. The van der Waals surface area contributed by atoms with E-state index in [-0.39, 0.29) is 37.3 Å². The number of hydrogen-bond acceptors (Lipinski definition) is 9. The number of morpholine rings is 1. The summed E-state index contributed by atoms with van der Waals surface area (Å²) in [6, 6.07) is -0.906. The minimum absolute atomic E-state index is 0.118. The van der Waals surface area contributed by atoms with Crippen LogP contribution in [0.2, 0.25) is 0 Å². The van der Waals surface area contributed by atoms with Gasteiger partial charge in [-0.1, -0.05) is 37.1 Å². The molecule has 3 amide bonds. The lowest BCUT2D eigenvalue weighted by Gasteiger charge is -2.36. The lowest BCUT2D eigenvalue weighted by Crippen LogP contribution is -2.56. The molecular formula is C31H46N4O8. The first-order chi connectivity index (χ1) is 20.9. The number of rotatable bonds is 9. The van der Waals surface area contributed by atoms with Crippen molar-refractivity contribution in [2.45, 2.75) is 69.3 Å². The van der Waals surface area contributed by atoms with E-state index in [4.69, 9.17) is 14.2 Å². The molecule has 0 bridgehead atoms. The number of cyclic esters (lactones) is 1. The number of carbonyl (C=O) groups excluding carboxylic acids is 4. The number of nitrogens with zero attached hydrogens (tertiary/aromatic N) is 3. The molecule has 5 rings (SSSR count). The van der Waals surface area contributed by atoms with Crippen LogP contribution in [0, 0.1) is 11.8 Å². The normalized spacial score (nSPS) is 34.4. The molecule has 0 saturated carbocycles. The predicted molar refractivity (Wildman–Crippen MR) is 156 cm³/mol. The molecule has 12 nitrogen and oxygen atoms in total. The molecule has 3 saturated heterocycles. The van der Waals surface area contributed by atoms with Crippen LogP contribution in [0.25, 0.3) is 0 Å². The number of aliphatic hydroxyl groups is 1. The molecule has 5 heterocycles. The van der Waals surface area contributed by atoms with E-state index in [1.807, 2.05) is 18.2 Å². The molecule has 0 aromatic heterocycles. The summed E-state index contributed by atoms with van der Waals surface area (Å²) in [5.74, 6) is -2.99. The Balaban J connectivity index is 1.45. The summed E-state index contributed by atoms with van der Waals surface area (Å²) in [6.07, 6.45) is 9.67. The van der Waals surface area contributed by atoms with Gasteiger partial charge in [0.15, 0.2) is 0 Å². The molecule has 3 fully saturated rings. The molecule has 0 aromatic carbocycles. The third kappa shape index (κ3) is 6.82. The second-order valence-corrected chi connectivity index (χ2v) is 12.2. The van der Waals surface area contributed by atoms with Gasteiger partial charge in [-0.3, -0.25) is 24.1 Å². The van der Waals surface area contributed by atoms with Gasteiger partial charge in [0.2, 0.25) is 17.7 Å². The highest BCUT2D eigenvalue weighted by molar-refractivity contribution is 5.99. The van der Waals surface area contributed by atoms with Crippen molar-refractivity contribution in [1.29, 1.82) is 0 Å². The van der Waals surface area contributed by atoms with Crippen molar-refractivity contribution in [2.75, 3.05) is 65.6 Å². The Kier molecular flexibility index (Phi) is 10.5. The summed E-state index contributed by atoms with van der Waals surface area (Å²) in [5.41, 5.74) is -1.32. The van der Waals surface area contributed by atoms with Gasteiger partial charge in [0.05, 0.1) is 31.8 Å². The number of esters is 1. The summed E-state index contributed by atoms with van der Waals surface area (Å²) in [7, 11) is 0. The van der Waals surface area contributed by atoms with Gasteiger partial charge < -0.3 is 34.4 Å². The Morgan fingerprint density at radius 2 is 1.79 bits per heavy atom. The number of nitrogens with one attached hydrogen (secondary N) is 1. The van der Waals surface area contributed by atoms with E-state index < -0.39 is 41.7 Å². The van der Waals surface area contributed by atoms with E-state index in [1.165, 1.54) is 0 Å². The number of carbonyl (C=O) groups is 4. The number of amides is 3. The van der Waals surface area contributed by atoms with Crippen LogP contribution in [0.3, 0.4) is 0 Å². The van der Waals surface area contributed by atoms with Crippen LogP contribution >= 0.6 is 0 Å². The fraction of sp³-hybridized carbons (Fsp3) is 0.742. The van der Waals surface area contributed by atoms with Gasteiger partial charge in [-0.05, 0) is 26.2 Å². The van der Waals surface area contributed by atoms with Gasteiger partial charge in [-0.25, -0.2) is 0 Å². The Hall–Kier alpha value is -2.80. The smallest absolute Gasteiger partial charge is 0.313 e. The molecule has 6 atom stereocenters. The van der Waals surface area contributed by atoms with E-state index in [1.54, 1.807) is 22.8 Å². The van der Waals surface area contributed by atoms with Crippen LogP contribution in [-0.4, -0.2) is 133 Å². The number of aliphatic hydroxyl groups excluding tert-OH is 1. The number of allylic oxidation sites excluding steroid dienone is 1. The van der Waals surface area contributed by atoms with Gasteiger partial charge in [0.1, 0.15) is 23.7 Å². The van der Waals surface area contributed by atoms with Crippen LogP contribution in [-0.2, 0) is 33.4 Å². The first kappa shape index (κ1) is 31.6. The van der Waals surface area contributed by atoms with Crippen molar-refractivity contribution >= 4 is 23.7 Å². The van der Waals surface area contributed by atoms with Crippen LogP contribution in [0.15, 0.2) is 24.3 Å². The Morgan fingerprint density at radius 3 is 2.58 bits per heavy atom. The van der Waals surface area contributed by atoms with Crippen molar-refractivity contribution in [1.82, 2.24) is 20.0 Å². The molecule has 5 aliphatic rings. The lowest BCUT2D eigenvalue weighted by molar-refractivity contribution is -0.158. The first-order valence-electron chi connectivity index (χ1n) is 15.9. The zero-order valence-electron chi connectivity index (χ0n) is 25.2. The van der Waals surface area contributed by atoms with E-state index >= 15 is 0 Å². The van der Waals surface area contributed by atoms with Gasteiger partial charge in [0, 0.05) is 52.3 Å². The van der Waals surface area contributed by atoms with E-state index in [0.717, 1.165) is 25.9 Å². The highest BCUT2D eigenvalue weighted by Gasteiger charge is 2.71. The average Bonchev–Trinajstić information content (AvgIpc) is 3.38. The highest BCUT2D eigenvalue weighted by atomic mass is 16.6. The third-order valence-electron chi connectivity index (χ3n) is 9.21. The van der Waals surface area contributed by atoms with Gasteiger partial charge in [-0.15, -0.1) is 0 Å². The minimum atomic E-state index is -1.32. The Labute approximate surface area is 253 Å². The molecule has 0 aliphatic carbocycles. The molecule has 0 unspecified atom stereocenters. The second kappa shape index (κ2) is 14.3. The number of likely N-dealkylation sites (tertiary alicyclic amines) is 1. The van der Waals surface area contributed by atoms with Crippen molar-refractivity contribution in [3.05, 3.63) is 24.3 Å². The fourth-order valence-corrected chi connectivity index (χ4v) is 6.98. The molecule has 0 aromatic rings. The van der Waals surface area contributed by atoms with Crippen LogP contribution in [0.1, 0.15) is 45.4 Å². The number of unbranched alkanes of at least 4 members (excludes halogenated alkanes) is 3. The number of hydrogen-bond donors (Lipinski definition) is 2. The molecule has 0 radical (unpaired) electrons. The van der Waals surface area contributed by atoms with Crippen molar-refractivity contribution in [2.24, 2.45) is 11.8 Å². The molecule has 12 heteroatoms. The SMILES string of the molecule is C[C@@H]1CNC(=O)CC/C=C\[C@H]2O[C@]34C=CCN(CCN5CCOCC5)C(=O)[C@H]3N(CCCCCCO)C(=O)[C@@H]4[C@H]2C(=O)O1. The Morgan fingerprint density at radius 1 is 1.00 bits per heavy atom. The molecule has 1 spiro atoms. The average molecular weight is 603 g/mol. The summed E-state index contributed by atoms with van der Waals surface area (Å²) < 4.78 is 17.9. The van der Waals surface area contributed by atoms with Gasteiger partial charge in [0.25, 0.3) is 0 Å². The maximum absolute atomic E-state index is 14.4. The van der Waals surface area contributed by atoms with Crippen molar-refractivity contribution < 1.29 is 38.5 Å². The molecule has 2 N–H and O–H groups in total. The summed E-state index contributed by atoms with van der Waals surface area (Å²) in [5, 5.41) is 12.0. The molecule has 238 valence electrons. The summed E-state index contributed by atoms with van der Waals surface area (Å²) in [4.78, 5) is 60.3. The maximum atomic E-state index is 14.4. The third-order valence-corrected chi connectivity index (χ3v) is 9.21. The largest absolute Gasteiger partial charge is 0.460 e. The first-order valence-corrected chi connectivity index (χ1v) is 15.9. The fourth-order valence-electron chi connectivity index (χ4n) is 6.98. The van der Waals surface area contributed by atoms with E-state index in [2.05, 4.69) is 10.2 Å². The standard InChI is InChI=1S/C31H46N4O8/c1-22-21-32-24(37)10-5-4-9-23-25(30(40)42-22)26-28(38)35(13-6-2-3-7-18-36)27-29(39)34(12-8-11-31(26,27)43-23)15-14-33-16-19-41-20-17-33/h4,8-9,11,22-23,25-27,36H,2-3,5-7,10,12-21H2,1H3,(H,32,37)/b9-4-/t22-,23-,25+,26+,27-,31+/m1/s1. The van der Waals surface area contributed by atoms with Crippen molar-refractivity contribution in [3.8, 4) is 0 Å². The van der Waals surface area contributed by atoms with Gasteiger partial charge >= 0.3 is 5.97 Å².